The van der Waals surface area contributed by atoms with Gasteiger partial charge in [0.1, 0.15) is 10.9 Å². The van der Waals surface area contributed by atoms with Gasteiger partial charge in [0, 0.05) is 15.4 Å². The van der Waals surface area contributed by atoms with Crippen LogP contribution in [0.5, 0.6) is 0 Å². The quantitative estimate of drug-likeness (QED) is 0.435. The Balaban J connectivity index is 1.60. The number of allylic oxidation sites excluding steroid dienone is 1. The van der Waals surface area contributed by atoms with Crippen LogP contribution in [0.1, 0.15) is 17.0 Å². The molecular weight excluding hydrogens is 446 g/mol. The molecule has 0 bridgehead atoms. The highest BCUT2D eigenvalue weighted by molar-refractivity contribution is 8.04. The number of amidine groups is 1. The van der Waals surface area contributed by atoms with E-state index < -0.39 is 5.92 Å². The average molecular weight is 462 g/mol. The summed E-state index contributed by atoms with van der Waals surface area (Å²) in [5.41, 5.74) is 4.75. The molecule has 3 aliphatic rings. The van der Waals surface area contributed by atoms with Gasteiger partial charge in [-0.1, -0.05) is 59.9 Å². The number of thioether (sulfide) groups is 2. The molecule has 0 aliphatic carbocycles. The molecule has 0 fully saturated rings. The maximum atomic E-state index is 10.3. The minimum atomic E-state index is -0.410. The first-order valence-corrected chi connectivity index (χ1v) is 11.9. The third-order valence-corrected chi connectivity index (χ3v) is 8.15. The second-order valence-electron chi connectivity index (χ2n) is 7.72. The van der Waals surface area contributed by atoms with Crippen LogP contribution in [0.3, 0.4) is 0 Å². The van der Waals surface area contributed by atoms with Crippen LogP contribution in [0.25, 0.3) is 0 Å². The van der Waals surface area contributed by atoms with E-state index >= 15 is 0 Å². The Morgan fingerprint density at radius 2 is 1.58 bits per heavy atom. The molecule has 0 saturated carbocycles. The summed E-state index contributed by atoms with van der Waals surface area (Å²) in [5, 5.41) is 34.0. The second-order valence-corrected chi connectivity index (χ2v) is 9.80. The van der Waals surface area contributed by atoms with Crippen molar-refractivity contribution in [2.24, 2.45) is 0 Å². The van der Waals surface area contributed by atoms with Crippen molar-refractivity contribution < 1.29 is 0 Å². The third-order valence-electron chi connectivity index (χ3n) is 5.89. The van der Waals surface area contributed by atoms with Gasteiger partial charge in [-0.3, -0.25) is 10.3 Å². The lowest BCUT2D eigenvalue weighted by Crippen LogP contribution is -2.37. The van der Waals surface area contributed by atoms with Crippen molar-refractivity contribution in [3.63, 3.8) is 0 Å². The van der Waals surface area contributed by atoms with E-state index in [9.17, 15) is 15.9 Å². The molecule has 3 aromatic carbocycles. The molecule has 0 amide bonds. The van der Waals surface area contributed by atoms with Crippen LogP contribution in [0, 0.1) is 28.1 Å². The van der Waals surface area contributed by atoms with E-state index in [1.165, 1.54) is 11.8 Å². The van der Waals surface area contributed by atoms with Crippen LogP contribution >= 0.6 is 23.5 Å². The van der Waals surface area contributed by atoms with E-state index in [1.807, 2.05) is 59.5 Å². The van der Waals surface area contributed by atoms with Gasteiger partial charge in [-0.05, 0) is 42.0 Å². The SMILES string of the molecule is N#CC1=C2Sc3ccccc3N2C(=N)/C(=C2\Nc3ccccc3S2)C1c1ccc(C#N)cc1. The number of nitrogens with one attached hydrogen (secondary N) is 2. The summed E-state index contributed by atoms with van der Waals surface area (Å²) >= 11 is 3.12. The van der Waals surface area contributed by atoms with Crippen molar-refractivity contribution in [2.75, 3.05) is 10.2 Å². The molecule has 1 atom stereocenters. The van der Waals surface area contributed by atoms with Crippen LogP contribution < -0.4 is 10.2 Å². The Hall–Kier alpha value is -3.91. The zero-order valence-electron chi connectivity index (χ0n) is 17.2. The van der Waals surface area contributed by atoms with Gasteiger partial charge in [0.2, 0.25) is 0 Å². The second kappa shape index (κ2) is 7.60. The monoisotopic (exact) mass is 461 g/mol. The summed E-state index contributed by atoms with van der Waals surface area (Å²) in [7, 11) is 0. The number of anilines is 2. The van der Waals surface area contributed by atoms with Crippen LogP contribution in [0.2, 0.25) is 0 Å². The van der Waals surface area contributed by atoms with Crippen LogP contribution in [0.4, 0.5) is 11.4 Å². The van der Waals surface area contributed by atoms with Crippen molar-refractivity contribution in [3.8, 4) is 12.1 Å². The molecule has 0 saturated heterocycles. The minimum absolute atomic E-state index is 0.360. The number of para-hydroxylation sites is 2. The highest BCUT2D eigenvalue weighted by atomic mass is 32.2. The Kier molecular flexibility index (Phi) is 4.55. The van der Waals surface area contributed by atoms with Gasteiger partial charge in [-0.15, -0.1) is 0 Å². The fraction of sp³-hybridized carbons (Fsp3) is 0.0385. The first-order chi connectivity index (χ1) is 16.2. The van der Waals surface area contributed by atoms with E-state index in [-0.39, 0.29) is 0 Å². The standard InChI is InChI=1S/C26H15N5S2/c27-13-15-9-11-16(12-10-15)22-17(14-28)26-31(19-6-2-4-8-21(19)33-26)24(29)23(22)25-30-18-5-1-3-7-20(18)32-25/h1-12,22,29-30H/b25-23+,29-24?. The maximum Gasteiger partial charge on any atom is 0.137 e. The fourth-order valence-electron chi connectivity index (χ4n) is 4.38. The molecule has 6 rings (SSSR count). The largest absolute Gasteiger partial charge is 0.349 e. The Morgan fingerprint density at radius 1 is 0.848 bits per heavy atom. The summed E-state index contributed by atoms with van der Waals surface area (Å²) in [6, 6.07) is 28.0. The molecule has 0 spiro atoms. The summed E-state index contributed by atoms with van der Waals surface area (Å²) in [4.78, 5) is 4.02. The van der Waals surface area contributed by atoms with Crippen molar-refractivity contribution in [3.05, 3.63) is 105 Å². The summed E-state index contributed by atoms with van der Waals surface area (Å²) < 4.78 is 0. The summed E-state index contributed by atoms with van der Waals surface area (Å²) in [6.07, 6.45) is 0. The van der Waals surface area contributed by atoms with E-state index in [1.54, 1.807) is 23.9 Å². The van der Waals surface area contributed by atoms with Crippen LogP contribution in [0.15, 0.2) is 104 Å². The normalized spacial score (nSPS) is 20.5. The van der Waals surface area contributed by atoms with E-state index in [4.69, 9.17) is 0 Å². The predicted molar refractivity (Wildman–Crippen MR) is 132 cm³/mol. The predicted octanol–water partition coefficient (Wildman–Crippen LogP) is 6.41. The number of hydrogen-bond donors (Lipinski definition) is 2. The molecule has 3 aliphatic heterocycles. The molecule has 2 N–H and O–H groups in total. The highest BCUT2D eigenvalue weighted by Gasteiger charge is 2.44. The van der Waals surface area contributed by atoms with Gasteiger partial charge in [-0.2, -0.15) is 10.5 Å². The number of hydrogen-bond acceptors (Lipinski definition) is 6. The lowest BCUT2D eigenvalue weighted by molar-refractivity contribution is 0.939. The fourth-order valence-corrected chi connectivity index (χ4v) is 6.64. The van der Waals surface area contributed by atoms with Gasteiger partial charge >= 0.3 is 0 Å². The molecule has 0 radical (unpaired) electrons. The minimum Gasteiger partial charge on any atom is -0.349 e. The highest BCUT2D eigenvalue weighted by Crippen LogP contribution is 2.56. The number of nitriles is 2. The lowest BCUT2D eigenvalue weighted by Gasteiger charge is -2.35. The van der Waals surface area contributed by atoms with Crippen molar-refractivity contribution in [1.29, 1.82) is 15.9 Å². The summed E-state index contributed by atoms with van der Waals surface area (Å²) in [5.74, 6) is -0.0498. The van der Waals surface area contributed by atoms with Crippen molar-refractivity contribution in [2.45, 2.75) is 15.7 Å². The van der Waals surface area contributed by atoms with Crippen molar-refractivity contribution >= 4 is 40.7 Å². The zero-order valence-corrected chi connectivity index (χ0v) is 18.8. The lowest BCUT2D eigenvalue weighted by atomic mass is 9.82. The average Bonchev–Trinajstić information content (AvgIpc) is 3.45. The number of rotatable bonds is 1. The molecule has 3 heterocycles. The van der Waals surface area contributed by atoms with Crippen molar-refractivity contribution in [1.82, 2.24) is 0 Å². The smallest absolute Gasteiger partial charge is 0.137 e. The molecule has 156 valence electrons. The van der Waals surface area contributed by atoms with E-state index in [0.717, 1.165) is 42.4 Å². The van der Waals surface area contributed by atoms with Gasteiger partial charge in [-0.25, -0.2) is 0 Å². The van der Waals surface area contributed by atoms with Gasteiger partial charge in [0.25, 0.3) is 0 Å². The molecule has 3 aromatic rings. The Bertz CT molecular complexity index is 1460. The third kappa shape index (κ3) is 2.98. The van der Waals surface area contributed by atoms with E-state index in [0.29, 0.717) is 17.0 Å². The summed E-state index contributed by atoms with van der Waals surface area (Å²) in [6.45, 7) is 0. The maximum absolute atomic E-state index is 10.3. The Morgan fingerprint density at radius 3 is 2.30 bits per heavy atom. The topological polar surface area (TPSA) is 86.7 Å². The number of benzene rings is 3. The molecular formula is C26H15N5S2. The van der Waals surface area contributed by atoms with E-state index in [2.05, 4.69) is 23.5 Å². The van der Waals surface area contributed by atoms with Gasteiger partial charge < -0.3 is 5.32 Å². The Labute approximate surface area is 199 Å². The number of nitrogens with zero attached hydrogens (tertiary/aromatic N) is 3. The first-order valence-electron chi connectivity index (χ1n) is 10.3. The first kappa shape index (κ1) is 19.8. The van der Waals surface area contributed by atoms with Crippen LogP contribution in [-0.4, -0.2) is 5.84 Å². The molecule has 0 aromatic heterocycles. The molecule has 7 heteroatoms. The molecule has 1 unspecified atom stereocenters. The zero-order chi connectivity index (χ0) is 22.5. The molecule has 33 heavy (non-hydrogen) atoms. The van der Waals surface area contributed by atoms with Gasteiger partial charge in [0.05, 0.1) is 45.6 Å². The number of fused-ring (bicyclic) bond motifs is 4. The molecule has 5 nitrogen and oxygen atoms in total. The van der Waals surface area contributed by atoms with Crippen LogP contribution in [-0.2, 0) is 0 Å². The van der Waals surface area contributed by atoms with Gasteiger partial charge in [0.15, 0.2) is 0 Å².